The third kappa shape index (κ3) is 8.67. The van der Waals surface area contributed by atoms with Crippen LogP contribution in [0.1, 0.15) is 39.7 Å². The van der Waals surface area contributed by atoms with Gasteiger partial charge in [-0.05, 0) is 38.5 Å². The van der Waals surface area contributed by atoms with Gasteiger partial charge in [-0.15, -0.1) is 0 Å². The zero-order valence-electron chi connectivity index (χ0n) is 18.8. The highest BCUT2D eigenvalue weighted by atomic mass is 16.6. The van der Waals surface area contributed by atoms with Gasteiger partial charge in [0.1, 0.15) is 30.6 Å². The minimum Gasteiger partial charge on any atom is -0.489 e. The summed E-state index contributed by atoms with van der Waals surface area (Å²) in [6.45, 7) is 7.49. The zero-order valence-corrected chi connectivity index (χ0v) is 18.8. The van der Waals surface area contributed by atoms with Crippen molar-refractivity contribution in [2.45, 2.75) is 52.4 Å². The topological polar surface area (TPSA) is 103 Å². The number of hydrogen-bond donors (Lipinski definition) is 2. The summed E-state index contributed by atoms with van der Waals surface area (Å²) in [6, 6.07) is 16.0. The third-order valence-corrected chi connectivity index (χ3v) is 4.09. The number of carbonyl (C=O) groups is 3. The molecule has 0 fully saturated rings. The first kappa shape index (κ1) is 24.7. The Bertz CT molecular complexity index is 908. The van der Waals surface area contributed by atoms with Gasteiger partial charge in [0, 0.05) is 6.42 Å². The van der Waals surface area contributed by atoms with E-state index in [1.165, 1.54) is 0 Å². The molecule has 32 heavy (non-hydrogen) atoms. The predicted octanol–water partition coefficient (Wildman–Crippen LogP) is 4.05. The van der Waals surface area contributed by atoms with Crippen LogP contribution in [-0.2, 0) is 25.7 Å². The van der Waals surface area contributed by atoms with Crippen LogP contribution < -0.4 is 15.4 Å². The van der Waals surface area contributed by atoms with Gasteiger partial charge in [-0.2, -0.15) is 0 Å². The lowest BCUT2D eigenvalue weighted by molar-refractivity contribution is -0.144. The lowest BCUT2D eigenvalue weighted by Gasteiger charge is -2.22. The Balaban J connectivity index is 0.000000258. The van der Waals surface area contributed by atoms with E-state index >= 15 is 0 Å². The van der Waals surface area contributed by atoms with Crippen LogP contribution >= 0.6 is 0 Å². The summed E-state index contributed by atoms with van der Waals surface area (Å²) in [4.78, 5) is 34.5. The standard InChI is InChI=1S/C14H18N2O4.C10H12O2/c1-14(2,3)20-13(18)16-10-8-19-11-7-5-4-6-9(11)15-12(10)17;1-2-10(11)12-8-9-6-4-3-5-7-9/h4-7,10H,8H2,1-3H3,(H,15,17)(H,16,18);3-7H,2,8H2,1H3/t10-;/m0./s1. The number of rotatable bonds is 4. The number of hydrogen-bond acceptors (Lipinski definition) is 6. The molecule has 8 heteroatoms. The monoisotopic (exact) mass is 442 g/mol. The van der Waals surface area contributed by atoms with Gasteiger partial charge < -0.3 is 24.8 Å². The molecule has 0 unspecified atom stereocenters. The largest absolute Gasteiger partial charge is 0.489 e. The van der Waals surface area contributed by atoms with Crippen LogP contribution in [-0.4, -0.2) is 36.2 Å². The minimum atomic E-state index is -0.794. The minimum absolute atomic E-state index is 0.0576. The summed E-state index contributed by atoms with van der Waals surface area (Å²) in [5, 5.41) is 5.21. The van der Waals surface area contributed by atoms with Gasteiger partial charge in [0.05, 0.1) is 5.69 Å². The van der Waals surface area contributed by atoms with Gasteiger partial charge in [-0.25, -0.2) is 4.79 Å². The van der Waals surface area contributed by atoms with Gasteiger partial charge in [0.2, 0.25) is 0 Å². The normalized spacial score (nSPS) is 14.9. The van der Waals surface area contributed by atoms with Crippen molar-refractivity contribution in [2.75, 3.05) is 11.9 Å². The van der Waals surface area contributed by atoms with Crippen LogP contribution in [0.4, 0.5) is 10.5 Å². The highest BCUT2D eigenvalue weighted by Gasteiger charge is 2.28. The van der Waals surface area contributed by atoms with Crippen molar-refractivity contribution in [3.8, 4) is 5.75 Å². The second-order valence-corrected chi connectivity index (χ2v) is 8.00. The molecule has 2 amide bonds. The summed E-state index contributed by atoms with van der Waals surface area (Å²) >= 11 is 0. The molecule has 2 aromatic carbocycles. The lowest BCUT2D eigenvalue weighted by atomic mass is 10.2. The molecule has 3 rings (SSSR count). The Morgan fingerprint density at radius 1 is 1.09 bits per heavy atom. The molecule has 1 atom stereocenters. The number of anilines is 1. The number of nitrogens with one attached hydrogen (secondary N) is 2. The molecular formula is C24H30N2O6. The molecule has 0 spiro atoms. The molecule has 0 radical (unpaired) electrons. The van der Waals surface area contributed by atoms with E-state index < -0.39 is 17.7 Å². The quantitative estimate of drug-likeness (QED) is 0.693. The fourth-order valence-corrected chi connectivity index (χ4v) is 2.56. The first-order valence-corrected chi connectivity index (χ1v) is 10.4. The summed E-state index contributed by atoms with van der Waals surface area (Å²) in [7, 11) is 0. The number of amides is 2. The molecule has 2 N–H and O–H groups in total. The maximum atomic E-state index is 12.0. The van der Waals surface area contributed by atoms with Crippen molar-refractivity contribution >= 4 is 23.7 Å². The van der Waals surface area contributed by atoms with Crippen molar-refractivity contribution in [2.24, 2.45) is 0 Å². The van der Waals surface area contributed by atoms with E-state index in [9.17, 15) is 14.4 Å². The van der Waals surface area contributed by atoms with E-state index in [2.05, 4.69) is 10.6 Å². The van der Waals surface area contributed by atoms with E-state index in [0.29, 0.717) is 24.5 Å². The summed E-state index contributed by atoms with van der Waals surface area (Å²) < 4.78 is 15.6. The Morgan fingerprint density at radius 3 is 2.41 bits per heavy atom. The van der Waals surface area contributed by atoms with Gasteiger partial charge >= 0.3 is 12.1 Å². The third-order valence-electron chi connectivity index (χ3n) is 4.09. The molecule has 2 aromatic rings. The number of benzene rings is 2. The molecule has 0 aliphatic carbocycles. The maximum absolute atomic E-state index is 12.0. The number of alkyl carbamates (subject to hydrolysis) is 1. The van der Waals surface area contributed by atoms with Crippen LogP contribution in [0.2, 0.25) is 0 Å². The van der Waals surface area contributed by atoms with Gasteiger partial charge in [0.25, 0.3) is 5.91 Å². The van der Waals surface area contributed by atoms with Crippen LogP contribution in [0, 0.1) is 0 Å². The highest BCUT2D eigenvalue weighted by molar-refractivity contribution is 5.98. The van der Waals surface area contributed by atoms with Crippen molar-refractivity contribution < 1.29 is 28.6 Å². The van der Waals surface area contributed by atoms with Gasteiger partial charge in [0.15, 0.2) is 0 Å². The Labute approximate surface area is 188 Å². The van der Waals surface area contributed by atoms with E-state index in [0.717, 1.165) is 5.56 Å². The molecule has 0 aromatic heterocycles. The average molecular weight is 443 g/mol. The Hall–Kier alpha value is -3.55. The number of para-hydroxylation sites is 2. The van der Waals surface area contributed by atoms with E-state index in [1.807, 2.05) is 36.4 Å². The van der Waals surface area contributed by atoms with Crippen LogP contribution in [0.15, 0.2) is 54.6 Å². The van der Waals surface area contributed by atoms with E-state index in [-0.39, 0.29) is 18.5 Å². The molecule has 8 nitrogen and oxygen atoms in total. The highest BCUT2D eigenvalue weighted by Crippen LogP contribution is 2.26. The summed E-state index contributed by atoms with van der Waals surface area (Å²) in [5.41, 5.74) is 1.00. The molecule has 1 aliphatic heterocycles. The molecule has 0 saturated heterocycles. The molecule has 1 heterocycles. The number of fused-ring (bicyclic) bond motifs is 1. The van der Waals surface area contributed by atoms with E-state index in [1.54, 1.807) is 45.9 Å². The van der Waals surface area contributed by atoms with Crippen molar-refractivity contribution in [1.29, 1.82) is 0 Å². The Kier molecular flexibility index (Phi) is 9.07. The van der Waals surface area contributed by atoms with Crippen molar-refractivity contribution in [3.05, 3.63) is 60.2 Å². The SMILES string of the molecule is CC(C)(C)OC(=O)N[C@H]1COc2ccccc2NC1=O.CCC(=O)OCc1ccccc1. The average Bonchev–Trinajstić information content (AvgIpc) is 2.90. The smallest absolute Gasteiger partial charge is 0.408 e. The molecule has 0 saturated carbocycles. The number of carbonyl (C=O) groups excluding carboxylic acids is 3. The number of esters is 1. The van der Waals surface area contributed by atoms with Crippen LogP contribution in [0.5, 0.6) is 5.75 Å². The summed E-state index contributed by atoms with van der Waals surface area (Å²) in [6.07, 6.45) is -0.209. The van der Waals surface area contributed by atoms with Crippen LogP contribution in [0.25, 0.3) is 0 Å². The van der Waals surface area contributed by atoms with Crippen molar-refractivity contribution in [3.63, 3.8) is 0 Å². The molecular weight excluding hydrogens is 412 g/mol. The maximum Gasteiger partial charge on any atom is 0.408 e. The number of ether oxygens (including phenoxy) is 3. The second-order valence-electron chi connectivity index (χ2n) is 8.00. The summed E-state index contributed by atoms with van der Waals surface area (Å²) in [5.74, 6) is 0.0917. The Morgan fingerprint density at radius 2 is 1.75 bits per heavy atom. The van der Waals surface area contributed by atoms with Gasteiger partial charge in [-0.1, -0.05) is 49.4 Å². The van der Waals surface area contributed by atoms with E-state index in [4.69, 9.17) is 14.2 Å². The first-order valence-electron chi connectivity index (χ1n) is 10.4. The van der Waals surface area contributed by atoms with Crippen molar-refractivity contribution in [1.82, 2.24) is 5.32 Å². The zero-order chi connectivity index (χ0) is 23.6. The van der Waals surface area contributed by atoms with Crippen LogP contribution in [0.3, 0.4) is 0 Å². The van der Waals surface area contributed by atoms with Gasteiger partial charge in [-0.3, -0.25) is 9.59 Å². The molecule has 1 aliphatic rings. The molecule has 172 valence electrons. The fraction of sp³-hybridized carbons (Fsp3) is 0.375. The second kappa shape index (κ2) is 11.7. The predicted molar refractivity (Wildman–Crippen MR) is 120 cm³/mol. The lowest BCUT2D eigenvalue weighted by Crippen LogP contribution is -2.48. The first-order chi connectivity index (χ1) is 15.2. The molecule has 0 bridgehead atoms. The fourth-order valence-electron chi connectivity index (χ4n) is 2.56.